The first-order valence-corrected chi connectivity index (χ1v) is 12.9. The SMILES string of the molecule is COCC1CCC(CNC(=O)NCC2CCN(CC(O)c3ccc(F)cc3)CC2)CC1.O=C(O)C(F)(F)F. The number of likely N-dealkylation sites (tertiary alicyclic amines) is 1. The second kappa shape index (κ2) is 15.8. The summed E-state index contributed by atoms with van der Waals surface area (Å²) < 4.78 is 50.0. The third-order valence-electron chi connectivity index (χ3n) is 7.11. The summed E-state index contributed by atoms with van der Waals surface area (Å²) in [6.07, 6.45) is 1.02. The molecule has 4 N–H and O–H groups in total. The third-order valence-corrected chi connectivity index (χ3v) is 7.11. The van der Waals surface area contributed by atoms with Crippen LogP contribution in [0.1, 0.15) is 50.2 Å². The number of carboxylic acids is 1. The molecule has 1 aliphatic carbocycles. The molecule has 1 aromatic carbocycles. The summed E-state index contributed by atoms with van der Waals surface area (Å²) in [5.74, 6) is -1.32. The van der Waals surface area contributed by atoms with Crippen molar-refractivity contribution in [2.75, 3.05) is 46.4 Å². The van der Waals surface area contributed by atoms with Crippen LogP contribution >= 0.6 is 0 Å². The molecule has 0 spiro atoms. The van der Waals surface area contributed by atoms with Crippen LogP contribution in [0, 0.1) is 23.6 Å². The number of carbonyl (C=O) groups excluding carboxylic acids is 1. The zero-order valence-corrected chi connectivity index (χ0v) is 21.7. The summed E-state index contributed by atoms with van der Waals surface area (Å²) in [5.41, 5.74) is 0.744. The van der Waals surface area contributed by atoms with Gasteiger partial charge in [0.25, 0.3) is 0 Å². The number of amides is 2. The Labute approximate surface area is 220 Å². The summed E-state index contributed by atoms with van der Waals surface area (Å²) in [5, 5.41) is 23.6. The number of piperidine rings is 1. The highest BCUT2D eigenvalue weighted by Crippen LogP contribution is 2.28. The number of hydrogen-bond acceptors (Lipinski definition) is 5. The fraction of sp³-hybridized carbons (Fsp3) is 0.692. The van der Waals surface area contributed by atoms with E-state index in [1.807, 2.05) is 0 Å². The molecule has 1 aliphatic heterocycles. The van der Waals surface area contributed by atoms with Crippen molar-refractivity contribution in [3.8, 4) is 0 Å². The predicted octanol–water partition coefficient (Wildman–Crippen LogP) is 3.96. The van der Waals surface area contributed by atoms with Crippen molar-refractivity contribution in [3.05, 3.63) is 35.6 Å². The largest absolute Gasteiger partial charge is 0.490 e. The minimum atomic E-state index is -5.08. The van der Waals surface area contributed by atoms with E-state index in [2.05, 4.69) is 15.5 Å². The number of urea groups is 1. The Morgan fingerprint density at radius 2 is 1.45 bits per heavy atom. The maximum absolute atomic E-state index is 13.0. The van der Waals surface area contributed by atoms with Gasteiger partial charge in [0.15, 0.2) is 0 Å². The van der Waals surface area contributed by atoms with E-state index >= 15 is 0 Å². The molecule has 1 heterocycles. The maximum Gasteiger partial charge on any atom is 0.490 e. The topological polar surface area (TPSA) is 111 Å². The average molecular weight is 550 g/mol. The minimum Gasteiger partial charge on any atom is -0.475 e. The minimum absolute atomic E-state index is 0.0619. The van der Waals surface area contributed by atoms with Crippen molar-refractivity contribution >= 4 is 12.0 Å². The number of nitrogens with zero attached hydrogens (tertiary/aromatic N) is 1. The Bertz CT molecular complexity index is 840. The standard InChI is InChI=1S/C24H38FN3O3.C2HF3O2/c1-31-17-20-4-2-18(3-5-20)14-26-24(30)27-15-19-10-12-28(13-11-19)16-23(29)21-6-8-22(25)9-7-21;3-2(4,5)1(6)7/h6-9,18-20,23,29H,2-5,10-17H2,1H3,(H2,26,27,30);(H,6,7). The van der Waals surface area contributed by atoms with E-state index in [1.165, 1.54) is 25.0 Å². The Morgan fingerprint density at radius 3 is 1.92 bits per heavy atom. The monoisotopic (exact) mass is 549 g/mol. The normalized spacial score (nSPS) is 21.6. The third kappa shape index (κ3) is 12.0. The number of ether oxygens (including phenoxy) is 1. The lowest BCUT2D eigenvalue weighted by Crippen LogP contribution is -2.43. The molecule has 2 amide bonds. The van der Waals surface area contributed by atoms with Crippen LogP contribution in [0.15, 0.2) is 24.3 Å². The Kier molecular flexibility index (Phi) is 13.3. The number of β-amino-alcohol motifs (C(OH)–C–C–N with tert-alkyl or cyclic N) is 1. The summed E-state index contributed by atoms with van der Waals surface area (Å²) in [4.78, 5) is 23.3. The van der Waals surface area contributed by atoms with Crippen LogP contribution in [0.5, 0.6) is 0 Å². The molecule has 8 nitrogen and oxygen atoms in total. The zero-order chi connectivity index (χ0) is 28.1. The molecule has 1 saturated carbocycles. The van der Waals surface area contributed by atoms with E-state index in [-0.39, 0.29) is 11.8 Å². The molecule has 2 fully saturated rings. The van der Waals surface area contributed by atoms with Crippen molar-refractivity contribution in [2.24, 2.45) is 17.8 Å². The van der Waals surface area contributed by atoms with Crippen LogP contribution in [0.2, 0.25) is 0 Å². The highest BCUT2D eigenvalue weighted by Gasteiger charge is 2.38. The van der Waals surface area contributed by atoms with Crippen molar-refractivity contribution in [1.82, 2.24) is 15.5 Å². The van der Waals surface area contributed by atoms with Gasteiger partial charge in [-0.2, -0.15) is 13.2 Å². The lowest BCUT2D eigenvalue weighted by molar-refractivity contribution is -0.192. The van der Waals surface area contributed by atoms with Gasteiger partial charge in [0.1, 0.15) is 5.82 Å². The van der Waals surface area contributed by atoms with Crippen molar-refractivity contribution < 1.29 is 42.1 Å². The molecule has 38 heavy (non-hydrogen) atoms. The van der Waals surface area contributed by atoms with Gasteiger partial charge in [-0.05, 0) is 87.1 Å². The predicted molar refractivity (Wildman–Crippen MR) is 133 cm³/mol. The molecule has 0 radical (unpaired) electrons. The number of carboxylic acid groups (broad SMARTS) is 1. The summed E-state index contributed by atoms with van der Waals surface area (Å²) in [6.45, 7) is 4.66. The van der Waals surface area contributed by atoms with Crippen LogP contribution in [0.3, 0.4) is 0 Å². The molecule has 12 heteroatoms. The molecule has 1 saturated heterocycles. The van der Waals surface area contributed by atoms with Gasteiger partial charge in [-0.1, -0.05) is 12.1 Å². The van der Waals surface area contributed by atoms with Crippen molar-refractivity contribution in [3.63, 3.8) is 0 Å². The Morgan fingerprint density at radius 1 is 0.974 bits per heavy atom. The molecule has 3 rings (SSSR count). The number of aliphatic hydroxyl groups is 1. The first-order valence-electron chi connectivity index (χ1n) is 12.9. The summed E-state index contributed by atoms with van der Waals surface area (Å²) in [6, 6.07) is 5.98. The van der Waals surface area contributed by atoms with Gasteiger partial charge in [0, 0.05) is 33.4 Å². The average Bonchev–Trinajstić information content (AvgIpc) is 2.88. The first-order chi connectivity index (χ1) is 18.0. The van der Waals surface area contributed by atoms with Gasteiger partial charge < -0.3 is 30.5 Å². The zero-order valence-electron chi connectivity index (χ0n) is 21.7. The van der Waals surface area contributed by atoms with E-state index in [9.17, 15) is 27.5 Å². The molecule has 2 aliphatic rings. The molecule has 0 aromatic heterocycles. The number of carbonyl (C=O) groups is 2. The van der Waals surface area contributed by atoms with Gasteiger partial charge in [-0.15, -0.1) is 0 Å². The van der Waals surface area contributed by atoms with Gasteiger partial charge in [-0.25, -0.2) is 14.0 Å². The molecule has 1 aromatic rings. The number of hydrogen-bond donors (Lipinski definition) is 4. The van der Waals surface area contributed by atoms with Crippen LogP contribution < -0.4 is 10.6 Å². The van der Waals surface area contributed by atoms with Gasteiger partial charge in [-0.3, -0.25) is 0 Å². The lowest BCUT2D eigenvalue weighted by Gasteiger charge is -2.33. The Hall–Kier alpha value is -2.44. The fourth-order valence-electron chi connectivity index (χ4n) is 4.78. The number of aliphatic hydroxyl groups excluding tert-OH is 1. The Balaban J connectivity index is 0.000000638. The second-order valence-electron chi connectivity index (χ2n) is 10.0. The smallest absolute Gasteiger partial charge is 0.475 e. The quantitative estimate of drug-likeness (QED) is 0.347. The molecule has 1 unspecified atom stereocenters. The van der Waals surface area contributed by atoms with E-state index in [0.717, 1.165) is 57.5 Å². The molecular formula is C26H39F4N3O5. The van der Waals surface area contributed by atoms with Gasteiger partial charge in [0.2, 0.25) is 0 Å². The summed E-state index contributed by atoms with van der Waals surface area (Å²) >= 11 is 0. The van der Waals surface area contributed by atoms with Crippen molar-refractivity contribution in [1.29, 1.82) is 0 Å². The molecule has 216 valence electrons. The molecular weight excluding hydrogens is 510 g/mol. The van der Waals surface area contributed by atoms with E-state index in [0.29, 0.717) is 30.8 Å². The van der Waals surface area contributed by atoms with Crippen LogP contribution in [0.4, 0.5) is 22.4 Å². The van der Waals surface area contributed by atoms with E-state index in [1.54, 1.807) is 19.2 Å². The van der Waals surface area contributed by atoms with Gasteiger partial charge >= 0.3 is 18.2 Å². The molecule has 0 bridgehead atoms. The van der Waals surface area contributed by atoms with Crippen LogP contribution in [0.25, 0.3) is 0 Å². The number of aliphatic carboxylic acids is 1. The second-order valence-corrected chi connectivity index (χ2v) is 10.0. The van der Waals surface area contributed by atoms with Crippen LogP contribution in [-0.2, 0) is 9.53 Å². The number of rotatable bonds is 9. The highest BCUT2D eigenvalue weighted by molar-refractivity contribution is 5.73. The van der Waals surface area contributed by atoms with Gasteiger partial charge in [0.05, 0.1) is 6.10 Å². The number of nitrogens with one attached hydrogen (secondary N) is 2. The number of halogens is 4. The summed E-state index contributed by atoms with van der Waals surface area (Å²) in [7, 11) is 1.76. The number of alkyl halides is 3. The molecule has 1 atom stereocenters. The van der Waals surface area contributed by atoms with Crippen LogP contribution in [-0.4, -0.2) is 79.7 Å². The first kappa shape index (κ1) is 31.8. The fourth-order valence-corrected chi connectivity index (χ4v) is 4.78. The van der Waals surface area contributed by atoms with Crippen molar-refractivity contribution in [2.45, 2.75) is 50.8 Å². The maximum atomic E-state index is 13.0. The van der Waals surface area contributed by atoms with E-state index < -0.39 is 18.2 Å². The van der Waals surface area contributed by atoms with E-state index in [4.69, 9.17) is 14.6 Å². The number of benzene rings is 1. The lowest BCUT2D eigenvalue weighted by atomic mass is 9.82. The number of methoxy groups -OCH3 is 1. The highest BCUT2D eigenvalue weighted by atomic mass is 19.4.